The van der Waals surface area contributed by atoms with Gasteiger partial charge in [-0.1, -0.05) is 30.3 Å². The zero-order valence-corrected chi connectivity index (χ0v) is 17.0. The van der Waals surface area contributed by atoms with E-state index in [2.05, 4.69) is 11.9 Å². The summed E-state index contributed by atoms with van der Waals surface area (Å²) in [5, 5.41) is 2.24. The molecule has 0 saturated carbocycles. The Bertz CT molecular complexity index is 980. The monoisotopic (exact) mass is 407 g/mol. The minimum absolute atomic E-state index is 0.0810. The van der Waals surface area contributed by atoms with Crippen molar-refractivity contribution in [3.8, 4) is 5.75 Å². The molecule has 2 aromatic rings. The van der Waals surface area contributed by atoms with Crippen molar-refractivity contribution in [1.82, 2.24) is 5.32 Å². The largest absolute Gasteiger partial charge is 0.496 e. The molecular formula is C24H25NO5. The van der Waals surface area contributed by atoms with Crippen molar-refractivity contribution in [2.75, 3.05) is 7.11 Å². The Kier molecular flexibility index (Phi) is 7.01. The van der Waals surface area contributed by atoms with Gasteiger partial charge in [0.05, 0.1) is 24.7 Å². The summed E-state index contributed by atoms with van der Waals surface area (Å²) in [5.74, 6) is -0.616. The van der Waals surface area contributed by atoms with Crippen LogP contribution >= 0.6 is 0 Å². The molecule has 0 aromatic heterocycles. The minimum Gasteiger partial charge on any atom is -0.496 e. The molecule has 30 heavy (non-hydrogen) atoms. The van der Waals surface area contributed by atoms with Crippen LogP contribution in [0, 0.1) is 0 Å². The second kappa shape index (κ2) is 9.87. The Morgan fingerprint density at radius 3 is 2.70 bits per heavy atom. The molecule has 2 aromatic carbocycles. The zero-order valence-electron chi connectivity index (χ0n) is 17.0. The summed E-state index contributed by atoms with van der Waals surface area (Å²) in [6, 6.07) is 10.7. The highest BCUT2D eigenvalue weighted by atomic mass is 16.5. The molecule has 0 fully saturated rings. The first-order chi connectivity index (χ1) is 14.5. The van der Waals surface area contributed by atoms with Gasteiger partial charge in [-0.05, 0) is 54.5 Å². The highest BCUT2D eigenvalue weighted by Gasteiger charge is 2.29. The maximum Gasteiger partial charge on any atom is 0.310 e. The summed E-state index contributed by atoms with van der Waals surface area (Å²) in [5.41, 5.74) is 2.96. The van der Waals surface area contributed by atoms with Crippen LogP contribution in [0.15, 0.2) is 49.1 Å². The molecule has 0 bridgehead atoms. The van der Waals surface area contributed by atoms with Gasteiger partial charge in [-0.25, -0.2) is 0 Å². The van der Waals surface area contributed by atoms with Crippen LogP contribution < -0.4 is 10.1 Å². The fourth-order valence-corrected chi connectivity index (χ4v) is 3.50. The molecule has 0 aliphatic carbocycles. The summed E-state index contributed by atoms with van der Waals surface area (Å²) in [6.07, 6.45) is 5.88. The van der Waals surface area contributed by atoms with Gasteiger partial charge in [0.1, 0.15) is 12.4 Å². The van der Waals surface area contributed by atoms with E-state index in [0.717, 1.165) is 42.6 Å². The van der Waals surface area contributed by atoms with Gasteiger partial charge in [0, 0.05) is 0 Å². The van der Waals surface area contributed by atoms with E-state index in [-0.39, 0.29) is 18.6 Å². The third-order valence-corrected chi connectivity index (χ3v) is 5.04. The number of unbranched alkanes of at least 4 members (excludes halogenated alkanes) is 2. The van der Waals surface area contributed by atoms with Crippen molar-refractivity contribution < 1.29 is 23.9 Å². The van der Waals surface area contributed by atoms with Crippen LogP contribution in [-0.4, -0.2) is 24.9 Å². The second-order valence-corrected chi connectivity index (χ2v) is 7.14. The third kappa shape index (κ3) is 4.95. The van der Waals surface area contributed by atoms with E-state index in [0.29, 0.717) is 11.1 Å². The van der Waals surface area contributed by atoms with Crippen LogP contribution in [0.4, 0.5) is 0 Å². The molecule has 1 N–H and O–H groups in total. The second-order valence-electron chi connectivity index (χ2n) is 7.14. The molecular weight excluding hydrogens is 382 g/mol. The maximum absolute atomic E-state index is 12.3. The molecule has 3 rings (SSSR count). The first kappa shape index (κ1) is 21.3. The number of carbonyl (C=O) groups is 3. The SMILES string of the molecule is C=CCCCCc1ccc(COC(=O)Cc2cccc3c2C(=O)NC3=O)cc1OC. The molecule has 0 unspecified atom stereocenters. The zero-order chi connectivity index (χ0) is 21.5. The molecule has 0 saturated heterocycles. The lowest BCUT2D eigenvalue weighted by Gasteiger charge is -2.11. The van der Waals surface area contributed by atoms with Gasteiger partial charge in [0.15, 0.2) is 0 Å². The number of aryl methyl sites for hydroxylation is 1. The van der Waals surface area contributed by atoms with E-state index in [1.165, 1.54) is 0 Å². The highest BCUT2D eigenvalue weighted by Crippen LogP contribution is 2.24. The number of ether oxygens (including phenoxy) is 2. The lowest BCUT2D eigenvalue weighted by Crippen LogP contribution is -2.20. The number of rotatable bonds is 10. The van der Waals surface area contributed by atoms with Crippen molar-refractivity contribution in [2.24, 2.45) is 0 Å². The van der Waals surface area contributed by atoms with E-state index in [4.69, 9.17) is 9.47 Å². The summed E-state index contributed by atoms with van der Waals surface area (Å²) in [6.45, 7) is 3.84. The number of methoxy groups -OCH3 is 1. The summed E-state index contributed by atoms with van der Waals surface area (Å²) < 4.78 is 10.9. The Morgan fingerprint density at radius 1 is 1.10 bits per heavy atom. The van der Waals surface area contributed by atoms with Crippen LogP contribution in [0.1, 0.15) is 56.7 Å². The van der Waals surface area contributed by atoms with Gasteiger partial charge in [0.2, 0.25) is 0 Å². The van der Waals surface area contributed by atoms with Crippen molar-refractivity contribution in [3.05, 3.63) is 76.9 Å². The lowest BCUT2D eigenvalue weighted by molar-refractivity contribution is -0.144. The molecule has 0 spiro atoms. The fraction of sp³-hybridized carbons (Fsp3) is 0.292. The van der Waals surface area contributed by atoms with Gasteiger partial charge < -0.3 is 9.47 Å². The number of esters is 1. The topological polar surface area (TPSA) is 81.7 Å². The quantitative estimate of drug-likeness (QED) is 0.281. The van der Waals surface area contributed by atoms with E-state index < -0.39 is 17.8 Å². The molecule has 0 radical (unpaired) electrons. The molecule has 2 amide bonds. The van der Waals surface area contributed by atoms with Gasteiger partial charge in [0.25, 0.3) is 11.8 Å². The number of benzene rings is 2. The van der Waals surface area contributed by atoms with E-state index in [1.54, 1.807) is 25.3 Å². The van der Waals surface area contributed by atoms with E-state index in [9.17, 15) is 14.4 Å². The molecule has 1 aliphatic rings. The minimum atomic E-state index is -0.480. The number of nitrogens with one attached hydrogen (secondary N) is 1. The first-order valence-corrected chi connectivity index (χ1v) is 9.93. The number of carbonyl (C=O) groups excluding carboxylic acids is 3. The predicted octanol–water partition coefficient (Wildman–Crippen LogP) is 3.76. The van der Waals surface area contributed by atoms with Gasteiger partial charge in [-0.3, -0.25) is 19.7 Å². The number of imide groups is 1. The Balaban J connectivity index is 1.60. The van der Waals surface area contributed by atoms with Gasteiger partial charge >= 0.3 is 5.97 Å². The first-order valence-electron chi connectivity index (χ1n) is 9.93. The fourth-order valence-electron chi connectivity index (χ4n) is 3.50. The summed E-state index contributed by atoms with van der Waals surface area (Å²) in [4.78, 5) is 36.0. The molecule has 156 valence electrons. The lowest BCUT2D eigenvalue weighted by atomic mass is 10.0. The van der Waals surface area contributed by atoms with E-state index in [1.807, 2.05) is 24.3 Å². The Hall–Kier alpha value is -3.41. The third-order valence-electron chi connectivity index (χ3n) is 5.04. The standard InChI is InChI=1S/C24H25NO5/c1-3-4-5-6-8-17-12-11-16(13-20(17)29-2)15-30-21(26)14-18-9-7-10-19-22(18)24(28)25-23(19)27/h3,7,9-13H,1,4-6,8,14-15H2,2H3,(H,25,27,28). The number of hydrogen-bond acceptors (Lipinski definition) is 5. The Labute approximate surface area is 175 Å². The smallest absolute Gasteiger partial charge is 0.310 e. The molecule has 0 atom stereocenters. The number of fused-ring (bicyclic) bond motifs is 1. The van der Waals surface area contributed by atoms with Crippen molar-refractivity contribution in [1.29, 1.82) is 0 Å². The van der Waals surface area contributed by atoms with Crippen molar-refractivity contribution in [3.63, 3.8) is 0 Å². The van der Waals surface area contributed by atoms with Crippen LogP contribution in [0.25, 0.3) is 0 Å². The number of hydrogen-bond donors (Lipinski definition) is 1. The predicted molar refractivity (Wildman–Crippen MR) is 112 cm³/mol. The Morgan fingerprint density at radius 2 is 1.93 bits per heavy atom. The average molecular weight is 407 g/mol. The maximum atomic E-state index is 12.3. The van der Waals surface area contributed by atoms with Crippen molar-refractivity contribution in [2.45, 2.75) is 38.7 Å². The highest BCUT2D eigenvalue weighted by molar-refractivity contribution is 6.22. The van der Waals surface area contributed by atoms with Crippen molar-refractivity contribution >= 4 is 17.8 Å². The number of amides is 2. The molecule has 6 nitrogen and oxygen atoms in total. The molecule has 1 aliphatic heterocycles. The van der Waals surface area contributed by atoms with E-state index >= 15 is 0 Å². The van der Waals surface area contributed by atoms with Gasteiger partial charge in [-0.2, -0.15) is 0 Å². The van der Waals surface area contributed by atoms with Crippen LogP contribution in [0.2, 0.25) is 0 Å². The summed E-state index contributed by atoms with van der Waals surface area (Å²) in [7, 11) is 1.63. The van der Waals surface area contributed by atoms with Gasteiger partial charge in [-0.15, -0.1) is 6.58 Å². The number of allylic oxidation sites excluding steroid dienone is 1. The normalized spacial score (nSPS) is 12.3. The van der Waals surface area contributed by atoms with Crippen LogP contribution in [0.3, 0.4) is 0 Å². The average Bonchev–Trinajstić information content (AvgIpc) is 3.04. The van der Waals surface area contributed by atoms with Crippen LogP contribution in [-0.2, 0) is 29.0 Å². The molecule has 1 heterocycles. The molecule has 6 heteroatoms. The summed E-state index contributed by atoms with van der Waals surface area (Å²) >= 11 is 0. The van der Waals surface area contributed by atoms with Crippen LogP contribution in [0.5, 0.6) is 5.75 Å².